The molecule has 0 aliphatic carbocycles. The fourth-order valence-electron chi connectivity index (χ4n) is 2.27. The highest BCUT2D eigenvalue weighted by atomic mass is 16.4. The molecule has 1 aromatic heterocycles. The van der Waals surface area contributed by atoms with Gasteiger partial charge < -0.3 is 14.6 Å². The molecule has 5 heteroatoms. The van der Waals surface area contributed by atoms with Gasteiger partial charge in [-0.05, 0) is 38.8 Å². The van der Waals surface area contributed by atoms with Gasteiger partial charge in [-0.1, -0.05) is 0 Å². The highest BCUT2D eigenvalue weighted by molar-refractivity contribution is 5.87. The normalized spacial score (nSPS) is 25.9. The number of rotatable bonds is 3. The Balaban J connectivity index is 1.94. The zero-order chi connectivity index (χ0) is 13.2. The van der Waals surface area contributed by atoms with E-state index in [-0.39, 0.29) is 5.56 Å². The minimum absolute atomic E-state index is 0.187. The zero-order valence-electron chi connectivity index (χ0n) is 10.6. The van der Waals surface area contributed by atoms with Crippen LogP contribution in [0.1, 0.15) is 42.3 Å². The molecular weight excluding hydrogens is 234 g/mol. The molecule has 18 heavy (non-hydrogen) atoms. The lowest BCUT2D eigenvalue weighted by molar-refractivity contribution is 0.0442. The van der Waals surface area contributed by atoms with Gasteiger partial charge in [-0.3, -0.25) is 4.90 Å². The third kappa shape index (κ3) is 3.34. The molecule has 0 amide bonds. The minimum Gasteiger partial charge on any atom is -0.478 e. The number of likely N-dealkylation sites (tertiary alicyclic amines) is 1. The van der Waals surface area contributed by atoms with Crippen molar-refractivity contribution in [1.29, 1.82) is 0 Å². The predicted octanol–water partition coefficient (Wildman–Crippen LogP) is 1.71. The molecule has 1 aliphatic rings. The van der Waals surface area contributed by atoms with E-state index in [0.29, 0.717) is 12.3 Å². The summed E-state index contributed by atoms with van der Waals surface area (Å²) in [7, 11) is 0. The Hall–Kier alpha value is -1.33. The number of aromatic carboxylic acids is 1. The lowest BCUT2D eigenvalue weighted by atomic mass is 9.98. The minimum atomic E-state index is -0.969. The van der Waals surface area contributed by atoms with Crippen LogP contribution in [0.5, 0.6) is 0 Å². The highest BCUT2D eigenvalue weighted by Crippen LogP contribution is 2.22. The van der Waals surface area contributed by atoms with Crippen molar-refractivity contribution in [2.45, 2.75) is 38.3 Å². The van der Waals surface area contributed by atoms with Gasteiger partial charge in [-0.15, -0.1) is 0 Å². The largest absolute Gasteiger partial charge is 0.478 e. The lowest BCUT2D eigenvalue weighted by Gasteiger charge is -2.21. The van der Waals surface area contributed by atoms with E-state index in [9.17, 15) is 9.90 Å². The van der Waals surface area contributed by atoms with E-state index in [1.165, 1.54) is 6.26 Å². The van der Waals surface area contributed by atoms with Gasteiger partial charge in [0.2, 0.25) is 0 Å². The Bertz CT molecular complexity index is 424. The second kappa shape index (κ2) is 5.12. The fourth-order valence-corrected chi connectivity index (χ4v) is 2.27. The second-order valence-electron chi connectivity index (χ2n) is 5.23. The van der Waals surface area contributed by atoms with Gasteiger partial charge in [0.25, 0.3) is 0 Å². The van der Waals surface area contributed by atoms with Crippen molar-refractivity contribution in [2.24, 2.45) is 0 Å². The molecule has 1 unspecified atom stereocenters. The maximum Gasteiger partial charge on any atom is 0.338 e. The smallest absolute Gasteiger partial charge is 0.338 e. The maximum atomic E-state index is 10.7. The molecule has 1 fully saturated rings. The first-order valence-corrected chi connectivity index (χ1v) is 6.22. The fraction of sp³-hybridized carbons (Fsp3) is 0.615. The number of aliphatic hydroxyl groups is 1. The summed E-state index contributed by atoms with van der Waals surface area (Å²) in [5, 5.41) is 18.8. The molecule has 0 spiro atoms. The summed E-state index contributed by atoms with van der Waals surface area (Å²) in [6.07, 6.45) is 3.76. The first-order chi connectivity index (χ1) is 8.46. The molecule has 2 heterocycles. The Kier molecular flexibility index (Phi) is 3.73. The Morgan fingerprint density at radius 3 is 2.94 bits per heavy atom. The Labute approximate surface area is 106 Å². The molecule has 0 saturated carbocycles. The van der Waals surface area contributed by atoms with Gasteiger partial charge in [0.05, 0.1) is 17.7 Å². The molecule has 1 aliphatic heterocycles. The maximum absolute atomic E-state index is 10.7. The molecule has 1 atom stereocenters. The van der Waals surface area contributed by atoms with Crippen LogP contribution < -0.4 is 0 Å². The van der Waals surface area contributed by atoms with Gasteiger partial charge >= 0.3 is 5.97 Å². The van der Waals surface area contributed by atoms with Crippen molar-refractivity contribution in [2.75, 3.05) is 13.1 Å². The van der Waals surface area contributed by atoms with Crippen LogP contribution in [0.25, 0.3) is 0 Å². The van der Waals surface area contributed by atoms with Gasteiger partial charge in [0.15, 0.2) is 0 Å². The molecule has 0 radical (unpaired) electrons. The van der Waals surface area contributed by atoms with Crippen LogP contribution in [0.4, 0.5) is 0 Å². The van der Waals surface area contributed by atoms with Crippen molar-refractivity contribution in [3.8, 4) is 0 Å². The van der Waals surface area contributed by atoms with Crippen LogP contribution in [0.15, 0.2) is 16.7 Å². The molecule has 5 nitrogen and oxygen atoms in total. The lowest BCUT2D eigenvalue weighted by Crippen LogP contribution is -2.28. The van der Waals surface area contributed by atoms with Crippen molar-refractivity contribution in [3.05, 3.63) is 23.7 Å². The quantitative estimate of drug-likeness (QED) is 0.858. The molecule has 100 valence electrons. The summed E-state index contributed by atoms with van der Waals surface area (Å²) in [5.41, 5.74) is -0.392. The van der Waals surface area contributed by atoms with E-state index >= 15 is 0 Å². The summed E-state index contributed by atoms with van der Waals surface area (Å²) >= 11 is 0. The topological polar surface area (TPSA) is 73.9 Å². The van der Waals surface area contributed by atoms with Crippen molar-refractivity contribution in [1.82, 2.24) is 4.90 Å². The summed E-state index contributed by atoms with van der Waals surface area (Å²) in [4.78, 5) is 12.9. The number of carboxylic acid groups (broad SMARTS) is 1. The van der Waals surface area contributed by atoms with Crippen LogP contribution in [-0.4, -0.2) is 39.8 Å². The third-order valence-electron chi connectivity index (χ3n) is 3.44. The monoisotopic (exact) mass is 253 g/mol. The molecular formula is C13H19NO4. The van der Waals surface area contributed by atoms with Crippen LogP contribution in [0.2, 0.25) is 0 Å². The third-order valence-corrected chi connectivity index (χ3v) is 3.44. The Morgan fingerprint density at radius 2 is 2.28 bits per heavy atom. The van der Waals surface area contributed by atoms with Crippen LogP contribution in [0.3, 0.4) is 0 Å². The molecule has 2 N–H and O–H groups in total. The van der Waals surface area contributed by atoms with Crippen molar-refractivity contribution in [3.63, 3.8) is 0 Å². The first kappa shape index (κ1) is 13.1. The van der Waals surface area contributed by atoms with E-state index < -0.39 is 11.6 Å². The van der Waals surface area contributed by atoms with E-state index in [2.05, 4.69) is 4.90 Å². The van der Waals surface area contributed by atoms with Gasteiger partial charge in [-0.25, -0.2) is 4.79 Å². The standard InChI is InChI=1S/C13H19NO4/c1-13(17)3-2-5-14(6-4-13)8-11-7-10(9-18-11)12(15)16/h7,9,17H,2-6,8H2,1H3,(H,15,16). The van der Waals surface area contributed by atoms with Crippen LogP contribution in [-0.2, 0) is 6.54 Å². The van der Waals surface area contributed by atoms with Gasteiger partial charge in [0, 0.05) is 6.54 Å². The summed E-state index contributed by atoms with van der Waals surface area (Å²) in [6, 6.07) is 1.56. The molecule has 1 saturated heterocycles. The molecule has 1 aromatic rings. The van der Waals surface area contributed by atoms with E-state index in [0.717, 1.165) is 32.4 Å². The first-order valence-electron chi connectivity index (χ1n) is 6.22. The van der Waals surface area contributed by atoms with E-state index in [1.807, 2.05) is 6.92 Å². The number of hydrogen-bond acceptors (Lipinski definition) is 4. The second-order valence-corrected chi connectivity index (χ2v) is 5.23. The summed E-state index contributed by atoms with van der Waals surface area (Å²) in [5.74, 6) is -0.308. The average molecular weight is 253 g/mol. The average Bonchev–Trinajstić information content (AvgIpc) is 2.67. The Morgan fingerprint density at radius 1 is 1.50 bits per heavy atom. The van der Waals surface area contributed by atoms with E-state index in [4.69, 9.17) is 9.52 Å². The van der Waals surface area contributed by atoms with E-state index in [1.54, 1.807) is 6.07 Å². The van der Waals surface area contributed by atoms with Gasteiger partial charge in [-0.2, -0.15) is 0 Å². The van der Waals surface area contributed by atoms with Crippen molar-refractivity contribution >= 4 is 5.97 Å². The zero-order valence-corrected chi connectivity index (χ0v) is 10.6. The van der Waals surface area contributed by atoms with Crippen LogP contribution in [0, 0.1) is 0 Å². The molecule has 2 rings (SSSR count). The molecule has 0 bridgehead atoms. The number of furan rings is 1. The number of carboxylic acids is 1. The van der Waals surface area contributed by atoms with Crippen molar-refractivity contribution < 1.29 is 19.4 Å². The summed E-state index contributed by atoms with van der Waals surface area (Å²) in [6.45, 7) is 4.17. The number of hydrogen-bond donors (Lipinski definition) is 2. The highest BCUT2D eigenvalue weighted by Gasteiger charge is 2.25. The molecule has 0 aromatic carbocycles. The predicted molar refractivity (Wildman–Crippen MR) is 65.4 cm³/mol. The summed E-state index contributed by atoms with van der Waals surface area (Å²) < 4.78 is 5.24. The number of nitrogens with zero attached hydrogens (tertiary/aromatic N) is 1. The van der Waals surface area contributed by atoms with Crippen LogP contribution >= 0.6 is 0 Å². The van der Waals surface area contributed by atoms with Gasteiger partial charge in [0.1, 0.15) is 12.0 Å². The number of carbonyl (C=O) groups is 1. The SMILES string of the molecule is CC1(O)CCCN(Cc2cc(C(=O)O)co2)CC1.